The first-order valence-electron chi connectivity index (χ1n) is 13.1. The molecule has 7 rings (SSSR count). The fourth-order valence-electron chi connectivity index (χ4n) is 8.84. The van der Waals surface area contributed by atoms with Gasteiger partial charge in [0.15, 0.2) is 16.8 Å². The summed E-state index contributed by atoms with van der Waals surface area (Å²) in [7, 11) is 0. The second kappa shape index (κ2) is 7.32. The Labute approximate surface area is 201 Å². The molecule has 1 heterocycles. The molecular weight excluding hydrogens is 432 g/mol. The van der Waals surface area contributed by atoms with E-state index in [-0.39, 0.29) is 27.4 Å². The smallest absolute Gasteiger partial charge is 0.226 e. The highest BCUT2D eigenvalue weighted by Gasteiger charge is 2.66. The number of amides is 1. The fraction of sp³-hybridized carbons (Fsp3) is 0.846. The molecule has 6 fully saturated rings. The van der Waals surface area contributed by atoms with Crippen LogP contribution in [-0.2, 0) is 22.7 Å². The molecule has 0 aliphatic heterocycles. The lowest BCUT2D eigenvalue weighted by Crippen LogP contribution is -2.53. The molecule has 7 heteroatoms. The Hall–Kier alpha value is -1.37. The van der Waals surface area contributed by atoms with Crippen LogP contribution in [0.1, 0.15) is 84.9 Å². The lowest BCUT2D eigenvalue weighted by atomic mass is 9.49. The van der Waals surface area contributed by atoms with Crippen LogP contribution in [0.4, 0.5) is 0 Å². The Morgan fingerprint density at radius 1 is 1.09 bits per heavy atom. The molecule has 1 N–H and O–H groups in total. The lowest BCUT2D eigenvalue weighted by molar-refractivity contribution is -0.146. The Bertz CT molecular complexity index is 965. The number of carbonyl (C=O) groups is 2. The maximum Gasteiger partial charge on any atom is 0.226 e. The van der Waals surface area contributed by atoms with E-state index in [0.717, 1.165) is 67.4 Å². The third kappa shape index (κ3) is 3.06. The molecule has 3 atom stereocenters. The van der Waals surface area contributed by atoms with E-state index in [2.05, 4.69) is 47.8 Å². The number of hydrogen-bond donors (Lipinski definition) is 1. The molecule has 3 unspecified atom stereocenters. The van der Waals surface area contributed by atoms with E-state index >= 15 is 0 Å². The molecule has 33 heavy (non-hydrogen) atoms. The second-order valence-corrected chi connectivity index (χ2v) is 13.7. The molecule has 0 aromatic carbocycles. The molecule has 6 bridgehead atoms. The number of thioether (sulfide) groups is 1. The molecule has 180 valence electrons. The van der Waals surface area contributed by atoms with Gasteiger partial charge in [-0.05, 0) is 87.4 Å². The van der Waals surface area contributed by atoms with Crippen LogP contribution in [0, 0.1) is 39.9 Å². The summed E-state index contributed by atoms with van der Waals surface area (Å²) in [5, 5.41) is 13.0. The summed E-state index contributed by atoms with van der Waals surface area (Å²) in [5.41, 5.74) is -0.325. The first-order chi connectivity index (χ1) is 15.7. The number of aromatic nitrogens is 3. The lowest BCUT2D eigenvalue weighted by Gasteiger charge is -2.55. The van der Waals surface area contributed by atoms with E-state index < -0.39 is 0 Å². The molecule has 1 aromatic heterocycles. The third-order valence-electron chi connectivity index (χ3n) is 10.7. The topological polar surface area (TPSA) is 76.9 Å². The van der Waals surface area contributed by atoms with Crippen LogP contribution in [0.25, 0.3) is 0 Å². The van der Waals surface area contributed by atoms with Crippen LogP contribution in [0.2, 0.25) is 0 Å². The van der Waals surface area contributed by atoms with E-state index in [9.17, 15) is 9.59 Å². The maximum absolute atomic E-state index is 13.4. The SMILES string of the molecule is CCn1c(CNC(=O)C23CC4CC(CC(C4)C2)C3)nnc1SC1C(=O)C2(C)CCC1C2(C)C. The minimum atomic E-state index is -0.221. The summed E-state index contributed by atoms with van der Waals surface area (Å²) < 4.78 is 2.10. The van der Waals surface area contributed by atoms with Gasteiger partial charge in [0.1, 0.15) is 0 Å². The van der Waals surface area contributed by atoms with Crippen molar-refractivity contribution in [2.45, 2.75) is 103 Å². The zero-order chi connectivity index (χ0) is 23.2. The van der Waals surface area contributed by atoms with Gasteiger partial charge in [-0.15, -0.1) is 10.2 Å². The summed E-state index contributed by atoms with van der Waals surface area (Å²) in [5.74, 6) is 4.09. The van der Waals surface area contributed by atoms with Crippen molar-refractivity contribution in [2.24, 2.45) is 39.9 Å². The van der Waals surface area contributed by atoms with Gasteiger partial charge >= 0.3 is 0 Å². The molecule has 6 aliphatic carbocycles. The molecule has 6 nitrogen and oxygen atoms in total. The van der Waals surface area contributed by atoms with Crippen molar-refractivity contribution in [3.05, 3.63) is 5.82 Å². The molecular formula is C26H38N4O2S. The highest BCUT2D eigenvalue weighted by Crippen LogP contribution is 2.66. The van der Waals surface area contributed by atoms with Crippen LogP contribution >= 0.6 is 11.8 Å². The molecule has 0 spiro atoms. The van der Waals surface area contributed by atoms with Crippen molar-refractivity contribution in [1.29, 1.82) is 0 Å². The van der Waals surface area contributed by atoms with E-state index in [1.54, 1.807) is 11.8 Å². The third-order valence-corrected chi connectivity index (χ3v) is 12.1. The van der Waals surface area contributed by atoms with Crippen LogP contribution in [0.15, 0.2) is 5.16 Å². The molecule has 0 radical (unpaired) electrons. The van der Waals surface area contributed by atoms with Crippen LogP contribution < -0.4 is 5.32 Å². The normalized spacial score (nSPS) is 42.3. The van der Waals surface area contributed by atoms with Crippen LogP contribution in [-0.4, -0.2) is 31.7 Å². The van der Waals surface area contributed by atoms with E-state index in [1.165, 1.54) is 19.3 Å². The van der Waals surface area contributed by atoms with Gasteiger partial charge in [-0.1, -0.05) is 32.5 Å². The number of hydrogen-bond acceptors (Lipinski definition) is 5. The number of ketones is 1. The van der Waals surface area contributed by atoms with Gasteiger partial charge in [0.2, 0.25) is 5.91 Å². The molecule has 0 saturated heterocycles. The van der Waals surface area contributed by atoms with Gasteiger partial charge < -0.3 is 9.88 Å². The van der Waals surface area contributed by atoms with Crippen molar-refractivity contribution in [1.82, 2.24) is 20.1 Å². The van der Waals surface area contributed by atoms with Crippen LogP contribution in [0.5, 0.6) is 0 Å². The summed E-state index contributed by atoms with van der Waals surface area (Å²) in [6.07, 6.45) is 9.37. The largest absolute Gasteiger partial charge is 0.348 e. The van der Waals surface area contributed by atoms with Crippen LogP contribution in [0.3, 0.4) is 0 Å². The first-order valence-corrected chi connectivity index (χ1v) is 14.0. The number of carbonyl (C=O) groups excluding carboxylic acids is 2. The van der Waals surface area contributed by atoms with E-state index in [0.29, 0.717) is 18.2 Å². The molecule has 6 aliphatic rings. The van der Waals surface area contributed by atoms with Crippen molar-refractivity contribution in [3.8, 4) is 0 Å². The number of Topliss-reactive ketones (excluding diaryl/α,β-unsaturated/α-hetero) is 1. The summed E-state index contributed by atoms with van der Waals surface area (Å²) >= 11 is 1.60. The van der Waals surface area contributed by atoms with E-state index in [1.807, 2.05) is 0 Å². The monoisotopic (exact) mass is 470 g/mol. The standard InChI is InChI=1S/C26H38N4O2S/c1-5-30-19(14-27-22(32)26-11-15-8-16(12-26)10-17(9-15)13-26)28-29-23(30)33-20-18-6-7-25(4,21(20)31)24(18,2)3/h15-18,20H,5-14H2,1-4H3,(H,27,32). The predicted octanol–water partition coefficient (Wildman–Crippen LogP) is 4.62. The molecule has 6 saturated carbocycles. The minimum absolute atomic E-state index is 0.0352. The average Bonchev–Trinajstić information content (AvgIpc) is 3.30. The van der Waals surface area contributed by atoms with Crippen molar-refractivity contribution < 1.29 is 9.59 Å². The van der Waals surface area contributed by atoms with Gasteiger partial charge in [0.25, 0.3) is 0 Å². The maximum atomic E-state index is 13.4. The predicted molar refractivity (Wildman–Crippen MR) is 127 cm³/mol. The number of nitrogens with one attached hydrogen (secondary N) is 1. The number of fused-ring (bicyclic) bond motifs is 2. The minimum Gasteiger partial charge on any atom is -0.348 e. The average molecular weight is 471 g/mol. The Balaban J connectivity index is 1.16. The Morgan fingerprint density at radius 2 is 1.73 bits per heavy atom. The highest BCUT2D eigenvalue weighted by molar-refractivity contribution is 8.00. The van der Waals surface area contributed by atoms with Crippen molar-refractivity contribution in [3.63, 3.8) is 0 Å². The molecule has 1 aromatic rings. The van der Waals surface area contributed by atoms with Crippen molar-refractivity contribution in [2.75, 3.05) is 0 Å². The summed E-state index contributed by atoms with van der Waals surface area (Å²) in [6, 6.07) is 0. The Morgan fingerprint density at radius 3 is 2.27 bits per heavy atom. The van der Waals surface area contributed by atoms with Gasteiger partial charge in [-0.25, -0.2) is 0 Å². The summed E-state index contributed by atoms with van der Waals surface area (Å²) in [6.45, 7) is 9.94. The van der Waals surface area contributed by atoms with E-state index in [4.69, 9.17) is 0 Å². The van der Waals surface area contributed by atoms with Gasteiger partial charge in [0, 0.05) is 17.4 Å². The quantitative estimate of drug-likeness (QED) is 0.657. The summed E-state index contributed by atoms with van der Waals surface area (Å²) in [4.78, 5) is 26.7. The number of rotatable bonds is 6. The van der Waals surface area contributed by atoms with Crippen molar-refractivity contribution >= 4 is 23.5 Å². The second-order valence-electron chi connectivity index (χ2n) is 12.6. The van der Waals surface area contributed by atoms with Gasteiger partial charge in [0.05, 0.1) is 11.8 Å². The van der Waals surface area contributed by atoms with Gasteiger partial charge in [-0.3, -0.25) is 9.59 Å². The Kier molecular flexibility index (Phi) is 4.90. The zero-order valence-corrected chi connectivity index (χ0v) is 21.3. The number of nitrogens with zero attached hydrogens (tertiary/aromatic N) is 3. The highest BCUT2D eigenvalue weighted by atomic mass is 32.2. The fourth-order valence-corrected chi connectivity index (χ4v) is 10.5. The van der Waals surface area contributed by atoms with Gasteiger partial charge in [-0.2, -0.15) is 0 Å². The first kappa shape index (κ1) is 22.1. The molecule has 1 amide bonds. The zero-order valence-electron chi connectivity index (χ0n) is 20.5.